The van der Waals surface area contributed by atoms with Gasteiger partial charge >= 0.3 is 0 Å². The van der Waals surface area contributed by atoms with Gasteiger partial charge in [0.15, 0.2) is 0 Å². The molecule has 3 aromatic carbocycles. The van der Waals surface area contributed by atoms with Crippen LogP contribution in [0.2, 0.25) is 0 Å². The summed E-state index contributed by atoms with van der Waals surface area (Å²) in [5.74, 6) is 1.27. The zero-order valence-corrected chi connectivity index (χ0v) is 19.1. The second-order valence-corrected chi connectivity index (χ2v) is 9.07. The average molecular weight is 450 g/mol. The largest absolute Gasteiger partial charge is 0.282 e. The fourth-order valence-corrected chi connectivity index (χ4v) is 5.44. The monoisotopic (exact) mass is 449 g/mol. The number of hydrogen-bond donors (Lipinski definition) is 0. The van der Waals surface area contributed by atoms with Crippen molar-refractivity contribution in [3.8, 4) is 22.5 Å². The summed E-state index contributed by atoms with van der Waals surface area (Å²) in [6.45, 7) is 0. The van der Waals surface area contributed by atoms with E-state index in [0.29, 0.717) is 11.9 Å². The Balaban J connectivity index is 1.45. The molecule has 2 aliphatic carbocycles. The number of nitrogens with zero attached hydrogens (tertiary/aromatic N) is 3. The third kappa shape index (κ3) is 3.28. The Labute approximate surface area is 205 Å². The fourth-order valence-electron chi connectivity index (χ4n) is 5.44. The van der Waals surface area contributed by atoms with E-state index in [4.69, 9.17) is 9.97 Å². The Morgan fingerprint density at radius 1 is 0.657 bits per heavy atom. The minimum atomic E-state index is 0.247. The van der Waals surface area contributed by atoms with E-state index >= 15 is 0 Å². The number of anilines is 2. The number of para-hydroxylation sites is 1. The van der Waals surface area contributed by atoms with Crippen molar-refractivity contribution in [3.63, 3.8) is 0 Å². The summed E-state index contributed by atoms with van der Waals surface area (Å²) in [5, 5.41) is 0. The minimum absolute atomic E-state index is 0.247. The van der Waals surface area contributed by atoms with Crippen LogP contribution in [0.3, 0.4) is 0 Å². The van der Waals surface area contributed by atoms with E-state index in [9.17, 15) is 0 Å². The van der Waals surface area contributed by atoms with Gasteiger partial charge in [0.25, 0.3) is 0 Å². The Hall–Kier alpha value is -4.50. The molecule has 0 N–H and O–H groups in total. The molecule has 1 aliphatic heterocycles. The molecule has 3 aliphatic rings. The Morgan fingerprint density at radius 3 is 2.03 bits per heavy atom. The van der Waals surface area contributed by atoms with Crippen molar-refractivity contribution < 1.29 is 0 Å². The summed E-state index contributed by atoms with van der Waals surface area (Å²) < 4.78 is 0. The standard InChI is InChI=1S/C32H23N3/c1-3-12-23(13-4-1)27-21-28(24-14-5-2-6-15-24)34-32(33-27)35-29-18-10-9-17-26(29)31-25-16-8-7-11-22(25)19-20-30(31)35/h1-21,25,31H. The minimum Gasteiger partial charge on any atom is -0.282 e. The van der Waals surface area contributed by atoms with Gasteiger partial charge in [-0.3, -0.25) is 4.90 Å². The lowest BCUT2D eigenvalue weighted by molar-refractivity contribution is 0.650. The number of fused-ring (bicyclic) bond motifs is 5. The van der Waals surface area contributed by atoms with Crippen molar-refractivity contribution in [1.82, 2.24) is 9.97 Å². The zero-order valence-electron chi connectivity index (χ0n) is 19.1. The highest BCUT2D eigenvalue weighted by molar-refractivity contribution is 5.79. The lowest BCUT2D eigenvalue weighted by atomic mass is 9.76. The number of aromatic nitrogens is 2. The van der Waals surface area contributed by atoms with Crippen LogP contribution in [0.25, 0.3) is 22.5 Å². The van der Waals surface area contributed by atoms with Crippen LogP contribution in [0.5, 0.6) is 0 Å². The molecule has 35 heavy (non-hydrogen) atoms. The van der Waals surface area contributed by atoms with Crippen LogP contribution in [-0.4, -0.2) is 9.97 Å². The van der Waals surface area contributed by atoms with Crippen LogP contribution >= 0.6 is 0 Å². The molecule has 4 aromatic rings. The number of benzene rings is 3. The molecule has 0 amide bonds. The predicted octanol–water partition coefficient (Wildman–Crippen LogP) is 7.61. The molecule has 7 rings (SSSR count). The quantitative estimate of drug-likeness (QED) is 0.322. The first-order chi connectivity index (χ1) is 17.4. The van der Waals surface area contributed by atoms with Crippen molar-refractivity contribution in [2.45, 2.75) is 5.92 Å². The van der Waals surface area contributed by atoms with E-state index in [-0.39, 0.29) is 5.92 Å². The molecule has 0 saturated heterocycles. The SMILES string of the molecule is C1=CC2=CC=C3C(c4ccccc4N3c3nc(-c4ccccc4)cc(-c4ccccc4)n3)C2C=C1. The topological polar surface area (TPSA) is 29.0 Å². The molecule has 0 saturated carbocycles. The Kier molecular flexibility index (Phi) is 4.59. The molecule has 1 aromatic heterocycles. The van der Waals surface area contributed by atoms with Crippen molar-refractivity contribution in [1.29, 1.82) is 0 Å². The lowest BCUT2D eigenvalue weighted by Crippen LogP contribution is -2.23. The summed E-state index contributed by atoms with van der Waals surface area (Å²) in [4.78, 5) is 12.5. The lowest BCUT2D eigenvalue weighted by Gasteiger charge is -2.30. The maximum absolute atomic E-state index is 5.13. The molecule has 2 atom stereocenters. The zero-order chi connectivity index (χ0) is 23.2. The molecule has 2 unspecified atom stereocenters. The normalized spacial score (nSPS) is 19.5. The number of hydrogen-bond acceptors (Lipinski definition) is 3. The number of rotatable bonds is 3. The van der Waals surface area contributed by atoms with Gasteiger partial charge in [-0.05, 0) is 29.3 Å². The highest BCUT2D eigenvalue weighted by atomic mass is 15.3. The molecular formula is C32H23N3. The summed E-state index contributed by atoms with van der Waals surface area (Å²) in [7, 11) is 0. The van der Waals surface area contributed by atoms with Crippen LogP contribution in [0, 0.1) is 5.92 Å². The fraction of sp³-hybridized carbons (Fsp3) is 0.0625. The Morgan fingerprint density at radius 2 is 1.31 bits per heavy atom. The van der Waals surface area contributed by atoms with E-state index in [1.54, 1.807) is 0 Å². The second-order valence-electron chi connectivity index (χ2n) is 9.07. The molecule has 0 spiro atoms. The summed E-state index contributed by atoms with van der Waals surface area (Å²) >= 11 is 0. The van der Waals surface area contributed by atoms with Gasteiger partial charge in [-0.15, -0.1) is 0 Å². The van der Waals surface area contributed by atoms with Crippen LogP contribution in [0.1, 0.15) is 11.5 Å². The van der Waals surface area contributed by atoms with E-state index in [0.717, 1.165) is 28.2 Å². The third-order valence-corrected chi connectivity index (χ3v) is 7.05. The van der Waals surface area contributed by atoms with Crippen molar-refractivity contribution >= 4 is 11.6 Å². The molecule has 3 nitrogen and oxygen atoms in total. The first kappa shape index (κ1) is 19.9. The maximum Gasteiger partial charge on any atom is 0.235 e. The summed E-state index contributed by atoms with van der Waals surface area (Å²) in [6.07, 6.45) is 13.3. The highest BCUT2D eigenvalue weighted by Gasteiger charge is 2.42. The summed E-state index contributed by atoms with van der Waals surface area (Å²) in [6, 6.07) is 31.5. The van der Waals surface area contributed by atoms with Crippen LogP contribution in [0.15, 0.2) is 139 Å². The van der Waals surface area contributed by atoms with Crippen molar-refractivity contribution in [2.75, 3.05) is 4.90 Å². The van der Waals surface area contributed by atoms with E-state index in [2.05, 4.69) is 120 Å². The molecule has 0 bridgehead atoms. The Bertz CT molecular complexity index is 1490. The van der Waals surface area contributed by atoms with Gasteiger partial charge in [-0.2, -0.15) is 0 Å². The molecule has 0 fully saturated rings. The van der Waals surface area contributed by atoms with Gasteiger partial charge in [0, 0.05) is 28.7 Å². The van der Waals surface area contributed by atoms with Gasteiger partial charge in [0.2, 0.25) is 5.95 Å². The number of allylic oxidation sites excluding steroid dienone is 8. The van der Waals surface area contributed by atoms with E-state index in [1.807, 2.05) is 12.1 Å². The van der Waals surface area contributed by atoms with E-state index in [1.165, 1.54) is 16.8 Å². The van der Waals surface area contributed by atoms with Crippen molar-refractivity contribution in [2.24, 2.45) is 5.92 Å². The van der Waals surface area contributed by atoms with Gasteiger partial charge < -0.3 is 0 Å². The van der Waals surface area contributed by atoms with Gasteiger partial charge in [-0.1, -0.05) is 109 Å². The van der Waals surface area contributed by atoms with E-state index < -0.39 is 0 Å². The molecular weight excluding hydrogens is 426 g/mol. The average Bonchev–Trinajstić information content (AvgIpc) is 3.29. The van der Waals surface area contributed by atoms with Gasteiger partial charge in [0.1, 0.15) is 0 Å². The molecule has 2 heterocycles. The molecule has 0 radical (unpaired) electrons. The van der Waals surface area contributed by atoms with Crippen LogP contribution < -0.4 is 4.90 Å². The van der Waals surface area contributed by atoms with Crippen LogP contribution in [0.4, 0.5) is 11.6 Å². The van der Waals surface area contributed by atoms with Gasteiger partial charge in [-0.25, -0.2) is 9.97 Å². The predicted molar refractivity (Wildman–Crippen MR) is 142 cm³/mol. The highest BCUT2D eigenvalue weighted by Crippen LogP contribution is 2.54. The molecule has 166 valence electrons. The van der Waals surface area contributed by atoms with Crippen LogP contribution in [-0.2, 0) is 0 Å². The first-order valence-corrected chi connectivity index (χ1v) is 12.0. The smallest absolute Gasteiger partial charge is 0.235 e. The second kappa shape index (κ2) is 8.07. The summed E-state index contributed by atoms with van der Waals surface area (Å²) in [5.41, 5.74) is 9.06. The maximum atomic E-state index is 5.13. The third-order valence-electron chi connectivity index (χ3n) is 7.05. The molecule has 3 heteroatoms. The van der Waals surface area contributed by atoms with Gasteiger partial charge in [0.05, 0.1) is 17.1 Å². The van der Waals surface area contributed by atoms with Crippen molar-refractivity contribution in [3.05, 3.63) is 144 Å². The first-order valence-electron chi connectivity index (χ1n) is 12.0.